The first-order valence-corrected chi connectivity index (χ1v) is 9.59. The van der Waals surface area contributed by atoms with Gasteiger partial charge in [-0.1, -0.05) is 36.9 Å². The minimum atomic E-state index is -0.269. The maximum atomic E-state index is 12.2. The van der Waals surface area contributed by atoms with Gasteiger partial charge < -0.3 is 15.4 Å². The molecule has 1 amide bonds. The van der Waals surface area contributed by atoms with Gasteiger partial charge in [-0.3, -0.25) is 15.6 Å². The van der Waals surface area contributed by atoms with Gasteiger partial charge in [-0.25, -0.2) is 0 Å². The monoisotopic (exact) mass is 418 g/mol. The first-order valence-electron chi connectivity index (χ1n) is 9.18. The second-order valence-electron chi connectivity index (χ2n) is 6.31. The van der Waals surface area contributed by atoms with Gasteiger partial charge in [-0.15, -0.1) is 0 Å². The molecule has 3 aromatic carbocycles. The van der Waals surface area contributed by atoms with Crippen molar-refractivity contribution in [2.45, 2.75) is 0 Å². The zero-order valence-electron chi connectivity index (χ0n) is 16.4. The maximum absolute atomic E-state index is 12.2. The summed E-state index contributed by atoms with van der Waals surface area (Å²) in [6, 6.07) is 24.0. The van der Waals surface area contributed by atoms with E-state index < -0.39 is 0 Å². The van der Waals surface area contributed by atoms with Crippen molar-refractivity contribution in [3.05, 3.63) is 96.6 Å². The fourth-order valence-electron chi connectivity index (χ4n) is 2.59. The number of carbonyl (C=O) groups excluding carboxylic acids is 1. The first kappa shape index (κ1) is 20.9. The van der Waals surface area contributed by atoms with Crippen LogP contribution in [0, 0.1) is 0 Å². The van der Waals surface area contributed by atoms with Crippen LogP contribution >= 0.6 is 12.2 Å². The standard InChI is InChI=1S/C23H22N4O2S/c1-16(26-27-22(28)18-10-14-21(29-2)15-11-18)17-8-12-20(13-9-17)25-23(30)24-19-6-4-3-5-7-19/h3-15,26H,1H2,2H3,(H,27,28)(H2,24,25,30). The van der Waals surface area contributed by atoms with Gasteiger partial charge in [0.15, 0.2) is 5.11 Å². The van der Waals surface area contributed by atoms with Crippen molar-refractivity contribution in [1.82, 2.24) is 10.9 Å². The molecule has 3 aromatic rings. The van der Waals surface area contributed by atoms with Crippen LogP contribution in [0.1, 0.15) is 15.9 Å². The van der Waals surface area contributed by atoms with E-state index in [1.165, 1.54) is 0 Å². The third-order valence-corrected chi connectivity index (χ3v) is 4.41. The number of ether oxygens (including phenoxy) is 1. The van der Waals surface area contributed by atoms with Crippen molar-refractivity contribution in [2.24, 2.45) is 0 Å². The number of methoxy groups -OCH3 is 1. The van der Waals surface area contributed by atoms with Gasteiger partial charge in [0, 0.05) is 16.9 Å². The molecular formula is C23H22N4O2S. The van der Waals surface area contributed by atoms with Gasteiger partial charge in [-0.05, 0) is 66.3 Å². The van der Waals surface area contributed by atoms with Crippen LogP contribution in [0.5, 0.6) is 5.75 Å². The molecule has 7 heteroatoms. The Hall–Kier alpha value is -3.84. The lowest BCUT2D eigenvalue weighted by Crippen LogP contribution is -2.35. The van der Waals surface area contributed by atoms with E-state index in [-0.39, 0.29) is 5.91 Å². The predicted molar refractivity (Wildman–Crippen MR) is 125 cm³/mol. The Morgan fingerprint density at radius 3 is 1.97 bits per heavy atom. The summed E-state index contributed by atoms with van der Waals surface area (Å²) in [6.07, 6.45) is 0. The van der Waals surface area contributed by atoms with Gasteiger partial charge in [0.1, 0.15) is 5.75 Å². The first-order chi connectivity index (χ1) is 14.5. The fourth-order valence-corrected chi connectivity index (χ4v) is 2.82. The summed E-state index contributed by atoms with van der Waals surface area (Å²) in [5.41, 5.74) is 9.12. The summed E-state index contributed by atoms with van der Waals surface area (Å²) in [7, 11) is 1.58. The van der Waals surface area contributed by atoms with Gasteiger partial charge in [0.2, 0.25) is 0 Å². The molecule has 152 valence electrons. The van der Waals surface area contributed by atoms with Gasteiger partial charge in [0.25, 0.3) is 5.91 Å². The number of thiocarbonyl (C=S) groups is 1. The fraction of sp³-hybridized carbons (Fsp3) is 0.0435. The van der Waals surface area contributed by atoms with E-state index in [2.05, 4.69) is 28.1 Å². The van der Waals surface area contributed by atoms with Gasteiger partial charge in [-0.2, -0.15) is 0 Å². The number of amides is 1. The predicted octanol–water partition coefficient (Wildman–Crippen LogP) is 4.41. The van der Waals surface area contributed by atoms with E-state index in [0.717, 1.165) is 16.9 Å². The Morgan fingerprint density at radius 2 is 1.37 bits per heavy atom. The van der Waals surface area contributed by atoms with Crippen LogP contribution in [0.2, 0.25) is 0 Å². The summed E-state index contributed by atoms with van der Waals surface area (Å²) in [5.74, 6) is 0.422. The second kappa shape index (κ2) is 10.1. The smallest absolute Gasteiger partial charge is 0.269 e. The van der Waals surface area contributed by atoms with Crippen LogP contribution in [0.4, 0.5) is 11.4 Å². The lowest BCUT2D eigenvalue weighted by molar-refractivity contribution is 0.0942. The molecular weight excluding hydrogens is 396 g/mol. The molecule has 0 aromatic heterocycles. The summed E-state index contributed by atoms with van der Waals surface area (Å²) in [4.78, 5) is 12.2. The maximum Gasteiger partial charge on any atom is 0.269 e. The van der Waals surface area contributed by atoms with Crippen LogP contribution in [0.15, 0.2) is 85.4 Å². The Kier molecular flexibility index (Phi) is 7.02. The Balaban J connectivity index is 1.50. The zero-order chi connectivity index (χ0) is 21.3. The Bertz CT molecular complexity index is 1020. The molecule has 30 heavy (non-hydrogen) atoms. The summed E-state index contributed by atoms with van der Waals surface area (Å²) < 4.78 is 5.09. The third kappa shape index (κ3) is 5.83. The molecule has 0 aliphatic heterocycles. The molecule has 0 aliphatic rings. The molecule has 0 unspecified atom stereocenters. The number of rotatable bonds is 7. The highest BCUT2D eigenvalue weighted by Gasteiger charge is 2.07. The van der Waals surface area contributed by atoms with Crippen molar-refractivity contribution < 1.29 is 9.53 Å². The highest BCUT2D eigenvalue weighted by atomic mass is 32.1. The van der Waals surface area contributed by atoms with E-state index in [4.69, 9.17) is 17.0 Å². The summed E-state index contributed by atoms with van der Waals surface area (Å²) in [5, 5.41) is 6.74. The van der Waals surface area contributed by atoms with Crippen LogP contribution < -0.4 is 26.2 Å². The molecule has 0 atom stereocenters. The minimum Gasteiger partial charge on any atom is -0.497 e. The number of hydrazine groups is 1. The molecule has 0 spiro atoms. The van der Waals surface area contributed by atoms with E-state index in [0.29, 0.717) is 22.1 Å². The van der Waals surface area contributed by atoms with Crippen molar-refractivity contribution in [1.29, 1.82) is 0 Å². The Morgan fingerprint density at radius 1 is 0.800 bits per heavy atom. The zero-order valence-corrected chi connectivity index (χ0v) is 17.3. The number of nitrogens with one attached hydrogen (secondary N) is 4. The van der Waals surface area contributed by atoms with Crippen molar-refractivity contribution >= 4 is 40.3 Å². The van der Waals surface area contributed by atoms with E-state index in [1.807, 2.05) is 54.6 Å². The topological polar surface area (TPSA) is 74.4 Å². The lowest BCUT2D eigenvalue weighted by atomic mass is 10.1. The molecule has 0 saturated carbocycles. The van der Waals surface area contributed by atoms with Crippen molar-refractivity contribution in [3.63, 3.8) is 0 Å². The molecule has 0 heterocycles. The highest BCUT2D eigenvalue weighted by Crippen LogP contribution is 2.15. The van der Waals surface area contributed by atoms with Crippen molar-refractivity contribution in [2.75, 3.05) is 17.7 Å². The number of carbonyl (C=O) groups is 1. The van der Waals surface area contributed by atoms with E-state index in [9.17, 15) is 4.79 Å². The average molecular weight is 419 g/mol. The van der Waals surface area contributed by atoms with Gasteiger partial charge >= 0.3 is 0 Å². The summed E-state index contributed by atoms with van der Waals surface area (Å²) >= 11 is 5.33. The molecule has 6 nitrogen and oxygen atoms in total. The van der Waals surface area contributed by atoms with Crippen LogP contribution in [0.3, 0.4) is 0 Å². The minimum absolute atomic E-state index is 0.269. The summed E-state index contributed by atoms with van der Waals surface area (Å²) in [6.45, 7) is 3.96. The lowest BCUT2D eigenvalue weighted by Gasteiger charge is -2.13. The van der Waals surface area contributed by atoms with Crippen LogP contribution in [0.25, 0.3) is 5.70 Å². The molecule has 0 aliphatic carbocycles. The largest absolute Gasteiger partial charge is 0.497 e. The number of benzene rings is 3. The van der Waals surface area contributed by atoms with Crippen LogP contribution in [-0.4, -0.2) is 18.1 Å². The molecule has 3 rings (SSSR count). The SMILES string of the molecule is C=C(NNC(=O)c1ccc(OC)cc1)c1ccc(NC(=S)Nc2ccccc2)cc1. The molecule has 0 saturated heterocycles. The molecule has 4 N–H and O–H groups in total. The number of hydrogen-bond acceptors (Lipinski definition) is 4. The molecule has 0 bridgehead atoms. The van der Waals surface area contributed by atoms with E-state index >= 15 is 0 Å². The van der Waals surface area contributed by atoms with E-state index in [1.54, 1.807) is 31.4 Å². The number of anilines is 2. The quantitative estimate of drug-likeness (QED) is 0.336. The second-order valence-corrected chi connectivity index (χ2v) is 6.72. The normalized spacial score (nSPS) is 9.90. The van der Waals surface area contributed by atoms with Gasteiger partial charge in [0.05, 0.1) is 12.8 Å². The number of para-hydroxylation sites is 1. The highest BCUT2D eigenvalue weighted by molar-refractivity contribution is 7.80. The third-order valence-electron chi connectivity index (χ3n) is 4.20. The van der Waals surface area contributed by atoms with Crippen molar-refractivity contribution in [3.8, 4) is 5.75 Å². The number of hydrogen-bond donors (Lipinski definition) is 4. The Labute approximate surface area is 180 Å². The molecule has 0 radical (unpaired) electrons. The average Bonchev–Trinajstić information content (AvgIpc) is 2.78. The molecule has 0 fully saturated rings. The van der Waals surface area contributed by atoms with Crippen LogP contribution in [-0.2, 0) is 0 Å².